The topological polar surface area (TPSA) is 48.9 Å². The van der Waals surface area contributed by atoms with Crippen LogP contribution in [0.4, 0.5) is 0 Å². The maximum atomic E-state index is 5.07. The second-order valence-corrected chi connectivity index (χ2v) is 5.26. The van der Waals surface area contributed by atoms with Gasteiger partial charge in [0.05, 0.1) is 6.54 Å². The van der Waals surface area contributed by atoms with Gasteiger partial charge in [0.25, 0.3) is 0 Å². The molecule has 6 heteroatoms. The van der Waals surface area contributed by atoms with E-state index in [1.165, 1.54) is 5.56 Å². The van der Waals surface area contributed by atoms with Crippen molar-refractivity contribution >= 4 is 29.9 Å². The first-order valence-electron chi connectivity index (χ1n) is 7.99. The van der Waals surface area contributed by atoms with E-state index in [4.69, 9.17) is 4.74 Å². The maximum Gasteiger partial charge on any atom is 0.191 e. The molecular formula is C17H31IN4O. The first-order chi connectivity index (χ1) is 10.8. The Morgan fingerprint density at radius 3 is 2.57 bits per heavy atom. The van der Waals surface area contributed by atoms with Crippen LogP contribution in [-0.2, 0) is 11.3 Å². The highest BCUT2D eigenvalue weighted by Gasteiger charge is 2.00. The number of rotatable bonds is 10. The number of aliphatic imine (C=N–C) groups is 1. The Hall–Kier alpha value is -0.860. The van der Waals surface area contributed by atoms with Gasteiger partial charge in [0, 0.05) is 39.9 Å². The lowest BCUT2D eigenvalue weighted by Gasteiger charge is -2.18. The SMILES string of the molecule is CCNC(=NCc1ccccc1)NCCN(C)CCCOC.I. The molecular weight excluding hydrogens is 403 g/mol. The largest absolute Gasteiger partial charge is 0.385 e. The number of likely N-dealkylation sites (N-methyl/N-ethyl adjacent to an activating group) is 1. The predicted octanol–water partition coefficient (Wildman–Crippen LogP) is 2.33. The monoisotopic (exact) mass is 434 g/mol. The van der Waals surface area contributed by atoms with Gasteiger partial charge >= 0.3 is 0 Å². The normalized spacial score (nSPS) is 11.2. The highest BCUT2D eigenvalue weighted by atomic mass is 127. The number of hydrogen-bond donors (Lipinski definition) is 2. The van der Waals surface area contributed by atoms with E-state index in [9.17, 15) is 0 Å². The molecule has 0 aromatic heterocycles. The third-order valence-corrected chi connectivity index (χ3v) is 3.28. The van der Waals surface area contributed by atoms with Crippen LogP contribution in [0.15, 0.2) is 35.3 Å². The minimum absolute atomic E-state index is 0. The number of ether oxygens (including phenoxy) is 1. The zero-order valence-corrected chi connectivity index (χ0v) is 16.9. The van der Waals surface area contributed by atoms with Crippen LogP contribution >= 0.6 is 24.0 Å². The highest BCUT2D eigenvalue weighted by molar-refractivity contribution is 14.0. The summed E-state index contributed by atoms with van der Waals surface area (Å²) in [6.45, 7) is 7.37. The van der Waals surface area contributed by atoms with Gasteiger partial charge in [-0.05, 0) is 26.0 Å². The standard InChI is InChI=1S/C17H30N4O.HI/c1-4-18-17(20-15-16-9-6-5-7-10-16)19-11-13-21(2)12-8-14-22-3;/h5-7,9-10H,4,8,11-15H2,1-3H3,(H2,18,19,20);1H. The zero-order chi connectivity index (χ0) is 16.0. The van der Waals surface area contributed by atoms with Crippen LogP contribution < -0.4 is 10.6 Å². The van der Waals surface area contributed by atoms with Crippen molar-refractivity contribution in [3.8, 4) is 0 Å². The molecule has 1 aromatic carbocycles. The second kappa shape index (κ2) is 14.7. The molecule has 0 amide bonds. The van der Waals surface area contributed by atoms with E-state index in [2.05, 4.69) is 46.6 Å². The molecule has 0 aliphatic carbocycles. The van der Waals surface area contributed by atoms with Gasteiger partial charge in [-0.2, -0.15) is 0 Å². The van der Waals surface area contributed by atoms with E-state index in [0.29, 0.717) is 6.54 Å². The Kier molecular flexibility index (Phi) is 14.2. The fraction of sp³-hybridized carbons (Fsp3) is 0.588. The molecule has 23 heavy (non-hydrogen) atoms. The van der Waals surface area contributed by atoms with Crippen LogP contribution in [0.5, 0.6) is 0 Å². The first-order valence-corrected chi connectivity index (χ1v) is 7.99. The fourth-order valence-corrected chi connectivity index (χ4v) is 2.05. The highest BCUT2D eigenvalue weighted by Crippen LogP contribution is 1.99. The van der Waals surface area contributed by atoms with Crippen LogP contribution in [0.2, 0.25) is 0 Å². The molecule has 0 aliphatic heterocycles. The quantitative estimate of drug-likeness (QED) is 0.257. The van der Waals surface area contributed by atoms with Gasteiger partial charge in [-0.3, -0.25) is 0 Å². The van der Waals surface area contributed by atoms with E-state index in [1.807, 2.05) is 18.2 Å². The van der Waals surface area contributed by atoms with Crippen molar-refractivity contribution in [2.75, 3.05) is 46.9 Å². The molecule has 0 radical (unpaired) electrons. The molecule has 5 nitrogen and oxygen atoms in total. The van der Waals surface area contributed by atoms with E-state index in [-0.39, 0.29) is 24.0 Å². The van der Waals surface area contributed by atoms with Crippen molar-refractivity contribution in [2.45, 2.75) is 19.9 Å². The third-order valence-electron chi connectivity index (χ3n) is 3.28. The molecule has 0 bridgehead atoms. The number of nitrogens with zero attached hydrogens (tertiary/aromatic N) is 2. The average Bonchev–Trinajstić information content (AvgIpc) is 2.54. The summed E-state index contributed by atoms with van der Waals surface area (Å²) in [5.41, 5.74) is 1.22. The molecule has 0 aliphatic rings. The van der Waals surface area contributed by atoms with Gasteiger partial charge in [-0.15, -0.1) is 24.0 Å². The third kappa shape index (κ3) is 11.3. The summed E-state index contributed by atoms with van der Waals surface area (Å²) < 4.78 is 5.07. The van der Waals surface area contributed by atoms with E-state index < -0.39 is 0 Å². The average molecular weight is 434 g/mol. The fourth-order valence-electron chi connectivity index (χ4n) is 2.05. The zero-order valence-electron chi connectivity index (χ0n) is 14.5. The molecule has 0 fully saturated rings. The van der Waals surface area contributed by atoms with Gasteiger partial charge in [-0.1, -0.05) is 30.3 Å². The molecule has 1 aromatic rings. The van der Waals surface area contributed by atoms with E-state index in [0.717, 1.165) is 45.2 Å². The number of methoxy groups -OCH3 is 1. The number of nitrogens with one attached hydrogen (secondary N) is 2. The summed E-state index contributed by atoms with van der Waals surface area (Å²) in [6.07, 6.45) is 1.06. The smallest absolute Gasteiger partial charge is 0.191 e. The molecule has 0 heterocycles. The van der Waals surface area contributed by atoms with Gasteiger partial charge < -0.3 is 20.3 Å². The summed E-state index contributed by atoms with van der Waals surface area (Å²) >= 11 is 0. The Morgan fingerprint density at radius 1 is 1.17 bits per heavy atom. The molecule has 2 N–H and O–H groups in total. The van der Waals surface area contributed by atoms with Crippen LogP contribution in [-0.4, -0.2) is 57.8 Å². The van der Waals surface area contributed by atoms with Crippen molar-refractivity contribution in [3.05, 3.63) is 35.9 Å². The lowest BCUT2D eigenvalue weighted by atomic mass is 10.2. The van der Waals surface area contributed by atoms with Crippen molar-refractivity contribution in [3.63, 3.8) is 0 Å². The lowest BCUT2D eigenvalue weighted by Crippen LogP contribution is -2.41. The second-order valence-electron chi connectivity index (χ2n) is 5.26. The summed E-state index contributed by atoms with van der Waals surface area (Å²) in [7, 11) is 3.87. The van der Waals surface area contributed by atoms with Crippen LogP contribution in [0.1, 0.15) is 18.9 Å². The minimum atomic E-state index is 0. The minimum Gasteiger partial charge on any atom is -0.385 e. The molecule has 0 saturated heterocycles. The maximum absolute atomic E-state index is 5.07. The van der Waals surface area contributed by atoms with Crippen molar-refractivity contribution in [2.24, 2.45) is 4.99 Å². The summed E-state index contributed by atoms with van der Waals surface area (Å²) in [5, 5.41) is 6.66. The predicted molar refractivity (Wildman–Crippen MR) is 109 cm³/mol. The van der Waals surface area contributed by atoms with E-state index in [1.54, 1.807) is 7.11 Å². The molecule has 0 unspecified atom stereocenters. The van der Waals surface area contributed by atoms with Crippen molar-refractivity contribution < 1.29 is 4.74 Å². The molecule has 1 rings (SSSR count). The molecule has 0 spiro atoms. The molecule has 0 saturated carbocycles. The van der Waals surface area contributed by atoms with E-state index >= 15 is 0 Å². The van der Waals surface area contributed by atoms with Gasteiger partial charge in [0.15, 0.2) is 5.96 Å². The summed E-state index contributed by atoms with van der Waals surface area (Å²) in [6, 6.07) is 10.3. The Morgan fingerprint density at radius 2 is 1.91 bits per heavy atom. The van der Waals surface area contributed by atoms with Crippen molar-refractivity contribution in [1.29, 1.82) is 0 Å². The van der Waals surface area contributed by atoms with Gasteiger partial charge in [0.1, 0.15) is 0 Å². The number of guanidine groups is 1. The summed E-state index contributed by atoms with van der Waals surface area (Å²) in [4.78, 5) is 6.91. The Balaban J connectivity index is 0.00000484. The Bertz CT molecular complexity index is 414. The Labute approximate surface area is 157 Å². The lowest BCUT2D eigenvalue weighted by molar-refractivity contribution is 0.180. The number of benzene rings is 1. The van der Waals surface area contributed by atoms with Gasteiger partial charge in [-0.25, -0.2) is 4.99 Å². The van der Waals surface area contributed by atoms with Crippen LogP contribution in [0.3, 0.4) is 0 Å². The molecule has 132 valence electrons. The van der Waals surface area contributed by atoms with Crippen LogP contribution in [0.25, 0.3) is 0 Å². The molecule has 0 atom stereocenters. The van der Waals surface area contributed by atoms with Crippen LogP contribution in [0, 0.1) is 0 Å². The number of halogens is 1. The van der Waals surface area contributed by atoms with Crippen molar-refractivity contribution in [1.82, 2.24) is 15.5 Å². The first kappa shape index (κ1) is 22.1. The number of hydrogen-bond acceptors (Lipinski definition) is 3. The summed E-state index contributed by atoms with van der Waals surface area (Å²) in [5.74, 6) is 0.872. The van der Waals surface area contributed by atoms with Gasteiger partial charge in [0.2, 0.25) is 0 Å².